The van der Waals surface area contributed by atoms with Crippen LogP contribution in [0.25, 0.3) is 0 Å². The standard InChI is InChI=1S/C14H23N3O10.Fe.Na/c18-10(19)5-15(1-3-16(6-11(20)21)7-12(22)23)2-4-17(8-13(24)25)9-14(26)27;;/h1-9H2,(H,18,19)(H,20,21)(H,22,23)(H,24,25)(H,26,27);;. The quantitative estimate of drug-likeness (QED) is 0.142. The maximum absolute atomic E-state index is 11.0. The van der Waals surface area contributed by atoms with Crippen molar-refractivity contribution in [3.63, 3.8) is 0 Å². The summed E-state index contributed by atoms with van der Waals surface area (Å²) >= 11 is 0. The van der Waals surface area contributed by atoms with Crippen LogP contribution in [0.3, 0.4) is 0 Å². The van der Waals surface area contributed by atoms with Gasteiger partial charge in [-0.05, 0) is 0 Å². The van der Waals surface area contributed by atoms with E-state index in [9.17, 15) is 24.0 Å². The molecule has 0 saturated carbocycles. The fourth-order valence-corrected chi connectivity index (χ4v) is 2.22. The van der Waals surface area contributed by atoms with Gasteiger partial charge in [-0.2, -0.15) is 0 Å². The van der Waals surface area contributed by atoms with Gasteiger partial charge in [0.05, 0.1) is 32.7 Å². The molecule has 0 bridgehead atoms. The minimum Gasteiger partial charge on any atom is -0.480 e. The molecule has 29 heavy (non-hydrogen) atoms. The van der Waals surface area contributed by atoms with Crippen LogP contribution in [-0.4, -0.2) is 159 Å². The average Bonchev–Trinajstić information content (AvgIpc) is 2.46. The van der Waals surface area contributed by atoms with Crippen LogP contribution in [0.2, 0.25) is 0 Å². The van der Waals surface area contributed by atoms with Gasteiger partial charge in [0.2, 0.25) is 0 Å². The molecule has 0 aliphatic carbocycles. The molecular weight excluding hydrogens is 449 g/mol. The van der Waals surface area contributed by atoms with Crippen molar-refractivity contribution in [2.45, 2.75) is 0 Å². The molecule has 0 aromatic carbocycles. The molecule has 0 aromatic rings. The maximum Gasteiger partial charge on any atom is 0.317 e. The van der Waals surface area contributed by atoms with E-state index in [0.717, 1.165) is 9.80 Å². The zero-order valence-electron chi connectivity index (χ0n) is 15.8. The summed E-state index contributed by atoms with van der Waals surface area (Å²) in [5, 5.41) is 44.1. The molecule has 0 unspecified atom stereocenters. The number of aliphatic carboxylic acids is 5. The van der Waals surface area contributed by atoms with E-state index >= 15 is 0 Å². The van der Waals surface area contributed by atoms with Gasteiger partial charge in [-0.1, -0.05) is 0 Å². The Labute approximate surface area is 199 Å². The predicted octanol–water partition coefficient (Wildman–Crippen LogP) is -3.07. The minimum absolute atomic E-state index is 0. The molecule has 0 rings (SSSR count). The maximum atomic E-state index is 11.0. The van der Waals surface area contributed by atoms with Crippen LogP contribution in [0, 0.1) is 0 Å². The molecule has 5 N–H and O–H groups in total. The third-order valence-corrected chi connectivity index (χ3v) is 3.26. The first kappa shape index (κ1) is 32.4. The monoisotopic (exact) mass is 472 g/mol. The third kappa shape index (κ3) is 19.8. The van der Waals surface area contributed by atoms with Crippen molar-refractivity contribution < 1.29 is 66.6 Å². The van der Waals surface area contributed by atoms with Gasteiger partial charge in [0.15, 0.2) is 0 Å². The van der Waals surface area contributed by atoms with E-state index in [2.05, 4.69) is 0 Å². The molecule has 163 valence electrons. The first-order valence-electron chi connectivity index (χ1n) is 7.75. The molecule has 0 saturated heterocycles. The predicted molar refractivity (Wildman–Crippen MR) is 93.3 cm³/mol. The molecule has 13 nitrogen and oxygen atoms in total. The van der Waals surface area contributed by atoms with E-state index in [1.54, 1.807) is 0 Å². The first-order valence-corrected chi connectivity index (χ1v) is 7.75. The molecular formula is C14H23FeN3NaO10. The summed E-state index contributed by atoms with van der Waals surface area (Å²) in [6.45, 7) is -2.74. The summed E-state index contributed by atoms with van der Waals surface area (Å²) in [6.07, 6.45) is 0. The fraction of sp³-hybridized carbons (Fsp3) is 0.643. The topological polar surface area (TPSA) is 196 Å². The van der Waals surface area contributed by atoms with Crippen molar-refractivity contribution in [2.24, 2.45) is 0 Å². The van der Waals surface area contributed by atoms with Gasteiger partial charge < -0.3 is 25.5 Å². The second-order valence-electron chi connectivity index (χ2n) is 5.67. The number of hydrogen-bond donors (Lipinski definition) is 5. The fourth-order valence-electron chi connectivity index (χ4n) is 2.22. The molecule has 0 atom stereocenters. The van der Waals surface area contributed by atoms with Crippen molar-refractivity contribution >= 4 is 59.4 Å². The SMILES string of the molecule is O=C(O)CN(CCN(CC(=O)O)CC(=O)O)CCN(CC(=O)O)CC(=O)O.[Fe].[Na]. The van der Waals surface area contributed by atoms with E-state index < -0.39 is 62.6 Å². The molecule has 0 fully saturated rings. The van der Waals surface area contributed by atoms with Gasteiger partial charge in [0.25, 0.3) is 0 Å². The molecule has 0 aliphatic rings. The van der Waals surface area contributed by atoms with Crippen LogP contribution < -0.4 is 0 Å². The number of carboxylic acids is 5. The molecule has 0 heterocycles. The van der Waals surface area contributed by atoms with Gasteiger partial charge in [0, 0.05) is 72.8 Å². The van der Waals surface area contributed by atoms with Gasteiger partial charge in [0.1, 0.15) is 0 Å². The number of rotatable bonds is 16. The van der Waals surface area contributed by atoms with E-state index in [0.29, 0.717) is 0 Å². The summed E-state index contributed by atoms with van der Waals surface area (Å²) in [4.78, 5) is 57.6. The van der Waals surface area contributed by atoms with Crippen molar-refractivity contribution in [1.29, 1.82) is 0 Å². The van der Waals surface area contributed by atoms with E-state index in [4.69, 9.17) is 25.5 Å². The van der Waals surface area contributed by atoms with Crippen molar-refractivity contribution in [2.75, 3.05) is 58.9 Å². The zero-order valence-corrected chi connectivity index (χ0v) is 18.9. The molecule has 0 spiro atoms. The molecule has 15 heteroatoms. The Hall–Kier alpha value is -1.25. The van der Waals surface area contributed by atoms with Gasteiger partial charge >= 0.3 is 29.8 Å². The first-order chi connectivity index (χ1) is 12.5. The molecule has 0 aromatic heterocycles. The number of hydrogen-bond acceptors (Lipinski definition) is 8. The molecule has 0 aliphatic heterocycles. The normalized spacial score (nSPS) is 10.3. The molecule has 1 radical (unpaired) electrons. The van der Waals surface area contributed by atoms with Gasteiger partial charge in [-0.15, -0.1) is 0 Å². The Bertz CT molecular complexity index is 494. The van der Waals surface area contributed by atoms with Gasteiger partial charge in [-0.25, -0.2) is 0 Å². The molecule has 0 amide bonds. The van der Waals surface area contributed by atoms with Crippen LogP contribution in [-0.2, 0) is 41.0 Å². The second kappa shape index (κ2) is 17.6. The van der Waals surface area contributed by atoms with E-state index in [-0.39, 0.29) is 72.8 Å². The van der Waals surface area contributed by atoms with Crippen LogP contribution in [0.4, 0.5) is 0 Å². The van der Waals surface area contributed by atoms with Crippen molar-refractivity contribution in [3.05, 3.63) is 0 Å². The van der Waals surface area contributed by atoms with Crippen LogP contribution in [0.5, 0.6) is 0 Å². The van der Waals surface area contributed by atoms with E-state index in [1.165, 1.54) is 4.90 Å². The Balaban J connectivity index is -0.00000338. The largest absolute Gasteiger partial charge is 0.480 e. The van der Waals surface area contributed by atoms with Crippen LogP contribution in [0.1, 0.15) is 0 Å². The third-order valence-electron chi connectivity index (χ3n) is 3.26. The number of carbonyl (C=O) groups is 5. The Morgan fingerprint density at radius 2 is 0.621 bits per heavy atom. The summed E-state index contributed by atoms with van der Waals surface area (Å²) < 4.78 is 0. The number of carboxylic acid groups (broad SMARTS) is 5. The minimum atomic E-state index is -1.24. The second-order valence-corrected chi connectivity index (χ2v) is 5.67. The Kier molecular flexibility index (Phi) is 19.7. The summed E-state index contributed by atoms with van der Waals surface area (Å²) in [7, 11) is 0. The Morgan fingerprint density at radius 3 is 0.828 bits per heavy atom. The van der Waals surface area contributed by atoms with Gasteiger partial charge in [-0.3, -0.25) is 38.7 Å². The average molecular weight is 472 g/mol. The van der Waals surface area contributed by atoms with Crippen LogP contribution >= 0.6 is 0 Å². The van der Waals surface area contributed by atoms with E-state index in [1.807, 2.05) is 0 Å². The van der Waals surface area contributed by atoms with Crippen molar-refractivity contribution in [3.8, 4) is 0 Å². The summed E-state index contributed by atoms with van der Waals surface area (Å²) in [6, 6.07) is 0. The van der Waals surface area contributed by atoms with Crippen molar-refractivity contribution in [1.82, 2.24) is 14.7 Å². The Morgan fingerprint density at radius 1 is 0.448 bits per heavy atom. The number of nitrogens with zero attached hydrogens (tertiary/aromatic N) is 3. The zero-order chi connectivity index (χ0) is 21.0. The summed E-state index contributed by atoms with van der Waals surface area (Å²) in [5.41, 5.74) is 0. The van der Waals surface area contributed by atoms with Crippen LogP contribution in [0.15, 0.2) is 0 Å². The smallest absolute Gasteiger partial charge is 0.317 e. The summed E-state index contributed by atoms with van der Waals surface area (Å²) in [5.74, 6) is -6.16.